The van der Waals surface area contributed by atoms with Crippen LogP contribution in [0.25, 0.3) is 0 Å². The number of nitrogens with zero attached hydrogens (tertiary/aromatic N) is 1. The summed E-state index contributed by atoms with van der Waals surface area (Å²) in [6.07, 6.45) is 10.8. The lowest BCUT2D eigenvalue weighted by Crippen LogP contribution is -2.21. The van der Waals surface area contributed by atoms with E-state index in [1.165, 1.54) is 0 Å². The van der Waals surface area contributed by atoms with Crippen molar-refractivity contribution in [3.63, 3.8) is 0 Å². The zero-order chi connectivity index (χ0) is 17.6. The Balaban J connectivity index is 0.000000388. The zero-order valence-corrected chi connectivity index (χ0v) is 16.5. The number of hydrogen-bond donors (Lipinski definition) is 2. The van der Waals surface area contributed by atoms with Gasteiger partial charge in [-0.1, -0.05) is 40.7 Å². The maximum Gasteiger partial charge on any atom is 0.0696 e. The lowest BCUT2D eigenvalue weighted by molar-refractivity contribution is 0.281. The van der Waals surface area contributed by atoms with Crippen LogP contribution >= 0.6 is 10.0 Å². The Labute approximate surface area is 139 Å². The molecule has 0 radical (unpaired) electrons. The van der Waals surface area contributed by atoms with Gasteiger partial charge in [0, 0.05) is 6.20 Å². The fourth-order valence-electron chi connectivity index (χ4n) is 1.20. The molecule has 1 saturated carbocycles. The number of nitrogens with two attached hydrogens (primary N) is 1. The highest BCUT2D eigenvalue weighted by atomic mass is 32.3. The first kappa shape index (κ1) is 21.4. The molecule has 0 aliphatic heterocycles. The van der Waals surface area contributed by atoms with E-state index >= 15 is 0 Å². The Morgan fingerprint density at radius 3 is 1.86 bits per heavy atom. The molecular weight excluding hydrogens is 292 g/mol. The Bertz CT molecular complexity index is 414. The molecule has 0 unspecified atom stereocenters. The molecule has 1 heterocycles. The predicted octanol–water partition coefficient (Wildman–Crippen LogP) is 4.03. The molecule has 2 rings (SSSR count). The van der Waals surface area contributed by atoms with Gasteiger partial charge < -0.3 is 10.8 Å². The van der Waals surface area contributed by atoms with Crippen molar-refractivity contribution in [1.82, 2.24) is 4.98 Å². The summed E-state index contributed by atoms with van der Waals surface area (Å²) in [5.74, 6) is 0. The number of aromatic nitrogens is 1. The van der Waals surface area contributed by atoms with E-state index in [9.17, 15) is 0 Å². The van der Waals surface area contributed by atoms with Crippen LogP contribution in [-0.4, -0.2) is 33.6 Å². The summed E-state index contributed by atoms with van der Waals surface area (Å²) >= 11 is 0. The van der Waals surface area contributed by atoms with E-state index < -0.39 is 0 Å². The van der Waals surface area contributed by atoms with E-state index in [1.807, 2.05) is 26.0 Å². The molecule has 1 aliphatic rings. The average molecular weight is 329 g/mol. The molecule has 1 aromatic rings. The van der Waals surface area contributed by atoms with Gasteiger partial charge in [0.05, 0.1) is 17.8 Å². The molecule has 1 fully saturated rings. The van der Waals surface area contributed by atoms with E-state index in [0.717, 1.165) is 24.1 Å². The second-order valence-electron chi connectivity index (χ2n) is 7.32. The third kappa shape index (κ3) is 6.67. The molecule has 0 bridgehead atoms. The quantitative estimate of drug-likeness (QED) is 0.862. The molecular formula is C18H36N2OS. The number of aliphatic hydroxyl groups is 1. The molecule has 0 aromatic carbocycles. The van der Waals surface area contributed by atoms with Crippen LogP contribution in [0.4, 0.5) is 0 Å². The van der Waals surface area contributed by atoms with Gasteiger partial charge in [-0.3, -0.25) is 4.98 Å². The van der Waals surface area contributed by atoms with Gasteiger partial charge in [-0.15, -0.1) is 0 Å². The van der Waals surface area contributed by atoms with Gasteiger partial charge in [-0.2, -0.15) is 0 Å². The Kier molecular flexibility index (Phi) is 8.10. The maximum absolute atomic E-state index is 8.78. The van der Waals surface area contributed by atoms with Crippen LogP contribution in [0.15, 0.2) is 18.3 Å². The molecule has 1 aliphatic carbocycles. The molecule has 0 atom stereocenters. The van der Waals surface area contributed by atoms with Crippen LogP contribution in [0.2, 0.25) is 0 Å². The number of aliphatic hydroxyl groups excluding tert-OH is 1. The smallest absolute Gasteiger partial charge is 0.0696 e. The van der Waals surface area contributed by atoms with E-state index in [1.54, 1.807) is 6.20 Å². The van der Waals surface area contributed by atoms with Crippen LogP contribution < -0.4 is 5.73 Å². The summed E-state index contributed by atoms with van der Waals surface area (Å²) in [7, 11) is -0.340. The first-order valence-corrected chi connectivity index (χ1v) is 10.9. The first-order valence-electron chi connectivity index (χ1n) is 8.03. The Morgan fingerprint density at radius 1 is 1.18 bits per heavy atom. The summed E-state index contributed by atoms with van der Waals surface area (Å²) in [6.45, 7) is 11.0. The molecule has 22 heavy (non-hydrogen) atoms. The zero-order valence-electron chi connectivity index (χ0n) is 15.7. The minimum Gasteiger partial charge on any atom is -0.392 e. The van der Waals surface area contributed by atoms with Crippen molar-refractivity contribution in [1.29, 1.82) is 0 Å². The molecule has 0 amide bonds. The van der Waals surface area contributed by atoms with Gasteiger partial charge in [0.1, 0.15) is 0 Å². The van der Waals surface area contributed by atoms with Crippen LogP contribution in [0.5, 0.6) is 0 Å². The van der Waals surface area contributed by atoms with Gasteiger partial charge in [0.25, 0.3) is 0 Å². The summed E-state index contributed by atoms with van der Waals surface area (Å²) in [5, 5.41) is 8.78. The third-order valence-electron chi connectivity index (χ3n) is 4.14. The minimum absolute atomic E-state index is 0.0465. The van der Waals surface area contributed by atoms with E-state index in [4.69, 9.17) is 10.8 Å². The topological polar surface area (TPSA) is 59.1 Å². The van der Waals surface area contributed by atoms with Crippen molar-refractivity contribution in [3.8, 4) is 0 Å². The number of hydrogen-bond acceptors (Lipinski definition) is 3. The molecule has 0 saturated heterocycles. The third-order valence-corrected chi connectivity index (χ3v) is 7.82. The standard InChI is InChI=1S/C9H12N2O.C7H18S.C2H6/c10-9(3-4-9)8-2-1-7(6-12)5-11-8;1-7(2,3)8(4,5)6;1-2/h1-2,5,12H,3-4,6,10H2;1-6H3;1-2H3. The van der Waals surface area contributed by atoms with Gasteiger partial charge >= 0.3 is 0 Å². The van der Waals surface area contributed by atoms with E-state index in [2.05, 4.69) is 44.5 Å². The average Bonchev–Trinajstić information content (AvgIpc) is 3.19. The van der Waals surface area contributed by atoms with Crippen molar-refractivity contribution >= 4 is 10.0 Å². The molecule has 3 N–H and O–H groups in total. The van der Waals surface area contributed by atoms with Crippen LogP contribution in [0.3, 0.4) is 0 Å². The fraction of sp³-hybridized carbons (Fsp3) is 0.722. The highest BCUT2D eigenvalue weighted by Gasteiger charge is 2.41. The predicted molar refractivity (Wildman–Crippen MR) is 102 cm³/mol. The van der Waals surface area contributed by atoms with Crippen molar-refractivity contribution < 1.29 is 5.11 Å². The fourth-order valence-corrected chi connectivity index (χ4v) is 1.20. The van der Waals surface area contributed by atoms with Crippen LogP contribution in [0, 0.1) is 0 Å². The first-order chi connectivity index (χ1) is 9.99. The second-order valence-corrected chi connectivity index (χ2v) is 12.2. The largest absolute Gasteiger partial charge is 0.392 e. The van der Waals surface area contributed by atoms with Crippen molar-refractivity contribution in [2.45, 2.75) is 64.4 Å². The lowest BCUT2D eigenvalue weighted by Gasteiger charge is -2.40. The normalized spacial score (nSPS) is 16.6. The summed E-state index contributed by atoms with van der Waals surface area (Å²) in [6, 6.07) is 3.77. The lowest BCUT2D eigenvalue weighted by atomic mass is 10.1. The minimum atomic E-state index is -0.340. The van der Waals surface area contributed by atoms with Gasteiger partial charge in [0.2, 0.25) is 0 Å². The molecule has 4 heteroatoms. The molecule has 130 valence electrons. The summed E-state index contributed by atoms with van der Waals surface area (Å²) in [5.41, 5.74) is 7.56. The highest BCUT2D eigenvalue weighted by molar-refractivity contribution is 8.33. The Hall–Kier alpha value is -0.580. The highest BCUT2D eigenvalue weighted by Crippen LogP contribution is 2.48. The van der Waals surface area contributed by atoms with Crippen molar-refractivity contribution in [2.24, 2.45) is 5.73 Å². The molecule has 3 nitrogen and oxygen atoms in total. The molecule has 1 aromatic heterocycles. The second kappa shape index (κ2) is 8.32. The van der Waals surface area contributed by atoms with Crippen molar-refractivity contribution in [2.75, 3.05) is 18.8 Å². The van der Waals surface area contributed by atoms with Gasteiger partial charge in [0.15, 0.2) is 0 Å². The van der Waals surface area contributed by atoms with Crippen LogP contribution in [0.1, 0.15) is 58.7 Å². The van der Waals surface area contributed by atoms with Crippen molar-refractivity contribution in [3.05, 3.63) is 29.6 Å². The Morgan fingerprint density at radius 2 is 1.64 bits per heavy atom. The molecule has 0 spiro atoms. The van der Waals surface area contributed by atoms with E-state index in [0.29, 0.717) is 4.75 Å². The monoisotopic (exact) mass is 328 g/mol. The van der Waals surface area contributed by atoms with Gasteiger partial charge in [-0.25, -0.2) is 10.0 Å². The van der Waals surface area contributed by atoms with Crippen LogP contribution in [-0.2, 0) is 12.1 Å². The summed E-state index contributed by atoms with van der Waals surface area (Å²) < 4.78 is 0.521. The van der Waals surface area contributed by atoms with Gasteiger partial charge in [-0.05, 0) is 48.0 Å². The van der Waals surface area contributed by atoms with E-state index in [-0.39, 0.29) is 22.2 Å². The number of pyridine rings is 1. The number of rotatable bonds is 2. The summed E-state index contributed by atoms with van der Waals surface area (Å²) in [4.78, 5) is 4.20. The SMILES string of the molecule is CC.CC(C)(C)S(C)(C)C.NC1(c2ccc(CO)cn2)CC1. The maximum atomic E-state index is 8.78.